The van der Waals surface area contributed by atoms with Gasteiger partial charge < -0.3 is 15.2 Å². The topological polar surface area (TPSA) is 58.6 Å². The Morgan fingerprint density at radius 2 is 2.11 bits per heavy atom. The lowest BCUT2D eigenvalue weighted by molar-refractivity contribution is -0.130. The highest BCUT2D eigenvalue weighted by atomic mass is 16.5. The van der Waals surface area contributed by atoms with Gasteiger partial charge in [-0.3, -0.25) is 4.79 Å². The van der Waals surface area contributed by atoms with Crippen molar-refractivity contribution in [2.45, 2.75) is 44.4 Å². The molecule has 4 heteroatoms. The van der Waals surface area contributed by atoms with Crippen molar-refractivity contribution in [3.05, 3.63) is 30.3 Å². The van der Waals surface area contributed by atoms with E-state index in [0.29, 0.717) is 25.0 Å². The number of para-hydroxylation sites is 1. The Balaban J connectivity index is 1.86. The van der Waals surface area contributed by atoms with Gasteiger partial charge in [0.2, 0.25) is 0 Å². The molecule has 1 aromatic rings. The third-order valence-corrected chi connectivity index (χ3v) is 3.14. The summed E-state index contributed by atoms with van der Waals surface area (Å²) in [7, 11) is 0. The van der Waals surface area contributed by atoms with Gasteiger partial charge in [-0.15, -0.1) is 0 Å². The van der Waals surface area contributed by atoms with Crippen molar-refractivity contribution in [3.63, 3.8) is 0 Å². The number of carbonyl (C=O) groups is 1. The number of benzene rings is 1. The van der Waals surface area contributed by atoms with Crippen LogP contribution in [0.3, 0.4) is 0 Å². The number of nitrogens with one attached hydrogen (secondary N) is 1. The average Bonchev–Trinajstić information content (AvgIpc) is 2.35. The predicted molar refractivity (Wildman–Crippen MR) is 68.3 cm³/mol. The minimum atomic E-state index is -0.467. The van der Waals surface area contributed by atoms with Gasteiger partial charge >= 0.3 is 0 Å². The smallest absolute Gasteiger partial charge is 0.261 e. The van der Waals surface area contributed by atoms with Crippen LogP contribution in [0.15, 0.2) is 30.3 Å². The van der Waals surface area contributed by atoms with Crippen LogP contribution in [0, 0.1) is 0 Å². The van der Waals surface area contributed by atoms with E-state index < -0.39 is 6.10 Å². The van der Waals surface area contributed by atoms with Crippen LogP contribution in [0.2, 0.25) is 0 Å². The fourth-order valence-electron chi connectivity index (χ4n) is 1.99. The standard InChI is InChI=1S/C14H19NO3/c1-2-13(18-12-6-4-3-5-7-12)14(17)15-10-8-11(16)9-10/h3-7,10-11,13,16H,2,8-9H2,1H3,(H,15,17). The Labute approximate surface area is 107 Å². The van der Waals surface area contributed by atoms with Gasteiger partial charge in [0.25, 0.3) is 5.91 Å². The zero-order valence-corrected chi connectivity index (χ0v) is 10.5. The molecule has 1 unspecified atom stereocenters. The summed E-state index contributed by atoms with van der Waals surface area (Å²) in [5.41, 5.74) is 0. The predicted octanol–water partition coefficient (Wildman–Crippen LogP) is 1.48. The third kappa shape index (κ3) is 3.23. The molecule has 1 aromatic carbocycles. The van der Waals surface area contributed by atoms with Crippen LogP contribution in [0.4, 0.5) is 0 Å². The molecule has 0 spiro atoms. The van der Waals surface area contributed by atoms with Crippen LogP contribution in [-0.4, -0.2) is 29.3 Å². The Bertz CT molecular complexity index is 387. The van der Waals surface area contributed by atoms with Crippen molar-refractivity contribution < 1.29 is 14.6 Å². The molecule has 2 rings (SSSR count). The number of hydrogen-bond acceptors (Lipinski definition) is 3. The second kappa shape index (κ2) is 5.87. The first-order chi connectivity index (χ1) is 8.69. The number of rotatable bonds is 5. The fourth-order valence-corrected chi connectivity index (χ4v) is 1.99. The van der Waals surface area contributed by atoms with E-state index in [1.165, 1.54) is 0 Å². The molecule has 0 saturated heterocycles. The summed E-state index contributed by atoms with van der Waals surface area (Å²) in [6.45, 7) is 1.92. The van der Waals surface area contributed by atoms with Gasteiger partial charge in [-0.1, -0.05) is 25.1 Å². The van der Waals surface area contributed by atoms with E-state index in [4.69, 9.17) is 4.74 Å². The Morgan fingerprint density at radius 3 is 2.67 bits per heavy atom. The minimum Gasteiger partial charge on any atom is -0.481 e. The lowest BCUT2D eigenvalue weighted by Gasteiger charge is -2.33. The number of hydrogen-bond donors (Lipinski definition) is 2. The van der Waals surface area contributed by atoms with E-state index in [9.17, 15) is 9.90 Å². The normalized spacial score (nSPS) is 23.9. The molecule has 1 aliphatic carbocycles. The van der Waals surface area contributed by atoms with E-state index in [0.717, 1.165) is 0 Å². The lowest BCUT2D eigenvalue weighted by Crippen LogP contribution is -2.50. The summed E-state index contributed by atoms with van der Waals surface area (Å²) in [6, 6.07) is 9.43. The second-order valence-electron chi connectivity index (χ2n) is 4.66. The van der Waals surface area contributed by atoms with Gasteiger partial charge in [0.1, 0.15) is 5.75 Å². The average molecular weight is 249 g/mol. The van der Waals surface area contributed by atoms with Crippen molar-refractivity contribution >= 4 is 5.91 Å². The number of aliphatic hydroxyl groups is 1. The molecule has 0 radical (unpaired) electrons. The maximum Gasteiger partial charge on any atom is 0.261 e. The molecule has 0 aliphatic heterocycles. The molecule has 1 atom stereocenters. The summed E-state index contributed by atoms with van der Waals surface area (Å²) in [5, 5.41) is 12.1. The molecule has 0 aromatic heterocycles. The van der Waals surface area contributed by atoms with E-state index >= 15 is 0 Å². The van der Waals surface area contributed by atoms with Crippen LogP contribution in [0.5, 0.6) is 5.75 Å². The van der Waals surface area contributed by atoms with Crippen molar-refractivity contribution in [2.24, 2.45) is 0 Å². The zero-order chi connectivity index (χ0) is 13.0. The second-order valence-corrected chi connectivity index (χ2v) is 4.66. The third-order valence-electron chi connectivity index (χ3n) is 3.14. The molecule has 0 bridgehead atoms. The molecule has 1 saturated carbocycles. The van der Waals surface area contributed by atoms with E-state index in [1.54, 1.807) is 0 Å². The fraction of sp³-hybridized carbons (Fsp3) is 0.500. The number of carbonyl (C=O) groups excluding carboxylic acids is 1. The first-order valence-corrected chi connectivity index (χ1v) is 6.39. The van der Waals surface area contributed by atoms with Crippen LogP contribution in [-0.2, 0) is 4.79 Å². The van der Waals surface area contributed by atoms with Crippen molar-refractivity contribution in [1.82, 2.24) is 5.32 Å². The van der Waals surface area contributed by atoms with Crippen LogP contribution in [0.25, 0.3) is 0 Å². The summed E-state index contributed by atoms with van der Waals surface area (Å²) in [4.78, 5) is 12.0. The summed E-state index contributed by atoms with van der Waals surface area (Å²) in [6.07, 6.45) is 1.19. The number of aliphatic hydroxyl groups excluding tert-OH is 1. The van der Waals surface area contributed by atoms with Crippen molar-refractivity contribution in [2.75, 3.05) is 0 Å². The molecular formula is C14H19NO3. The van der Waals surface area contributed by atoms with Gasteiger partial charge in [0, 0.05) is 6.04 Å². The minimum absolute atomic E-state index is 0.0981. The highest BCUT2D eigenvalue weighted by Gasteiger charge is 2.30. The molecular weight excluding hydrogens is 230 g/mol. The first-order valence-electron chi connectivity index (χ1n) is 6.39. The Morgan fingerprint density at radius 1 is 1.44 bits per heavy atom. The van der Waals surface area contributed by atoms with Crippen LogP contribution < -0.4 is 10.1 Å². The van der Waals surface area contributed by atoms with Crippen molar-refractivity contribution in [3.8, 4) is 5.75 Å². The molecule has 18 heavy (non-hydrogen) atoms. The van der Waals surface area contributed by atoms with Crippen LogP contribution in [0.1, 0.15) is 26.2 Å². The summed E-state index contributed by atoms with van der Waals surface area (Å²) < 4.78 is 5.65. The first kappa shape index (κ1) is 12.9. The number of ether oxygens (including phenoxy) is 1. The molecule has 1 fully saturated rings. The van der Waals surface area contributed by atoms with Gasteiger partial charge in [-0.2, -0.15) is 0 Å². The van der Waals surface area contributed by atoms with E-state index in [2.05, 4.69) is 5.32 Å². The number of amides is 1. The van der Waals surface area contributed by atoms with E-state index in [-0.39, 0.29) is 18.1 Å². The Kier molecular flexibility index (Phi) is 4.20. The zero-order valence-electron chi connectivity index (χ0n) is 10.5. The molecule has 2 N–H and O–H groups in total. The van der Waals surface area contributed by atoms with Crippen molar-refractivity contribution in [1.29, 1.82) is 0 Å². The highest BCUT2D eigenvalue weighted by Crippen LogP contribution is 2.20. The molecule has 4 nitrogen and oxygen atoms in total. The molecule has 1 amide bonds. The SMILES string of the molecule is CCC(Oc1ccccc1)C(=O)NC1CC(O)C1. The van der Waals surface area contributed by atoms with Gasteiger partial charge in [-0.25, -0.2) is 0 Å². The Hall–Kier alpha value is -1.55. The summed E-state index contributed by atoms with van der Waals surface area (Å²) >= 11 is 0. The van der Waals surface area contributed by atoms with Gasteiger partial charge in [0.15, 0.2) is 6.10 Å². The quantitative estimate of drug-likeness (QED) is 0.831. The molecule has 98 valence electrons. The molecule has 0 heterocycles. The van der Waals surface area contributed by atoms with Crippen LogP contribution >= 0.6 is 0 Å². The molecule has 1 aliphatic rings. The lowest BCUT2D eigenvalue weighted by atomic mass is 9.89. The van der Waals surface area contributed by atoms with E-state index in [1.807, 2.05) is 37.3 Å². The highest BCUT2D eigenvalue weighted by molar-refractivity contribution is 5.81. The maximum absolute atomic E-state index is 12.0. The van der Waals surface area contributed by atoms with Gasteiger partial charge in [-0.05, 0) is 31.4 Å². The summed E-state index contributed by atoms with van der Waals surface area (Å²) in [5.74, 6) is 0.603. The maximum atomic E-state index is 12.0. The largest absolute Gasteiger partial charge is 0.481 e. The van der Waals surface area contributed by atoms with Gasteiger partial charge in [0.05, 0.1) is 6.10 Å². The monoisotopic (exact) mass is 249 g/mol.